The van der Waals surface area contributed by atoms with Crippen molar-refractivity contribution in [3.8, 4) is 5.75 Å². The summed E-state index contributed by atoms with van der Waals surface area (Å²) in [7, 11) is 0. The highest BCUT2D eigenvalue weighted by molar-refractivity contribution is 14.1. The van der Waals surface area contributed by atoms with E-state index in [4.69, 9.17) is 4.74 Å². The predicted octanol–water partition coefficient (Wildman–Crippen LogP) is 3.60. The van der Waals surface area contributed by atoms with Crippen LogP contribution in [0.25, 0.3) is 0 Å². The van der Waals surface area contributed by atoms with E-state index in [-0.39, 0.29) is 0 Å². The molecule has 0 saturated heterocycles. The highest BCUT2D eigenvalue weighted by Crippen LogP contribution is 2.28. The standard InChI is InChI=1S/C12H15IO/c13-9-3-5-11-8-7-10-4-1-2-6-12(10)14-11/h1-2,4,6,11H,3,5,7-9H2. The maximum absolute atomic E-state index is 5.93. The zero-order chi connectivity index (χ0) is 9.80. The lowest BCUT2D eigenvalue weighted by Crippen LogP contribution is -2.22. The second kappa shape index (κ2) is 5.01. The second-order valence-electron chi connectivity index (χ2n) is 3.72. The molecule has 1 aromatic carbocycles. The Kier molecular flexibility index (Phi) is 3.67. The SMILES string of the molecule is ICCCC1CCc2ccccc2O1. The average molecular weight is 302 g/mol. The van der Waals surface area contributed by atoms with Gasteiger partial charge in [0.05, 0.1) is 6.10 Å². The van der Waals surface area contributed by atoms with E-state index in [0.29, 0.717) is 6.10 Å². The number of benzene rings is 1. The van der Waals surface area contributed by atoms with E-state index in [1.807, 2.05) is 0 Å². The van der Waals surface area contributed by atoms with E-state index < -0.39 is 0 Å². The average Bonchev–Trinajstić information content (AvgIpc) is 2.26. The topological polar surface area (TPSA) is 9.23 Å². The van der Waals surface area contributed by atoms with Crippen molar-refractivity contribution in [2.24, 2.45) is 0 Å². The van der Waals surface area contributed by atoms with Crippen LogP contribution in [0, 0.1) is 0 Å². The number of hydrogen-bond donors (Lipinski definition) is 0. The molecule has 1 unspecified atom stereocenters. The first-order chi connectivity index (χ1) is 6.90. The minimum Gasteiger partial charge on any atom is -0.490 e. The van der Waals surface area contributed by atoms with Crippen LogP contribution in [0.1, 0.15) is 24.8 Å². The largest absolute Gasteiger partial charge is 0.490 e. The smallest absolute Gasteiger partial charge is 0.122 e. The fourth-order valence-electron chi connectivity index (χ4n) is 1.89. The molecule has 0 spiro atoms. The van der Waals surface area contributed by atoms with Crippen LogP contribution in [0.15, 0.2) is 24.3 Å². The third-order valence-electron chi connectivity index (χ3n) is 2.66. The molecule has 1 aliphatic heterocycles. The van der Waals surface area contributed by atoms with Gasteiger partial charge in [-0.25, -0.2) is 0 Å². The molecule has 0 saturated carbocycles. The first kappa shape index (κ1) is 10.3. The first-order valence-electron chi connectivity index (χ1n) is 5.20. The van der Waals surface area contributed by atoms with Crippen molar-refractivity contribution in [2.45, 2.75) is 31.8 Å². The summed E-state index contributed by atoms with van der Waals surface area (Å²) >= 11 is 2.43. The zero-order valence-corrected chi connectivity index (χ0v) is 10.4. The Morgan fingerprint density at radius 2 is 2.21 bits per heavy atom. The van der Waals surface area contributed by atoms with Crippen LogP contribution < -0.4 is 4.74 Å². The van der Waals surface area contributed by atoms with Gasteiger partial charge in [-0.05, 0) is 41.7 Å². The van der Waals surface area contributed by atoms with Crippen molar-refractivity contribution in [1.82, 2.24) is 0 Å². The molecule has 76 valence electrons. The van der Waals surface area contributed by atoms with Crippen molar-refractivity contribution < 1.29 is 4.74 Å². The Bertz CT molecular complexity index is 298. The molecule has 0 amide bonds. The van der Waals surface area contributed by atoms with E-state index in [9.17, 15) is 0 Å². The lowest BCUT2D eigenvalue weighted by molar-refractivity contribution is 0.163. The molecule has 1 nitrogen and oxygen atoms in total. The number of halogens is 1. The quantitative estimate of drug-likeness (QED) is 0.612. The number of para-hydroxylation sites is 1. The van der Waals surface area contributed by atoms with Crippen LogP contribution in [0.4, 0.5) is 0 Å². The predicted molar refractivity (Wildman–Crippen MR) is 67.3 cm³/mol. The van der Waals surface area contributed by atoms with E-state index in [1.165, 1.54) is 35.7 Å². The Labute approximate surface area is 99.0 Å². The van der Waals surface area contributed by atoms with Crippen molar-refractivity contribution in [2.75, 3.05) is 4.43 Å². The van der Waals surface area contributed by atoms with Gasteiger partial charge < -0.3 is 4.74 Å². The van der Waals surface area contributed by atoms with Gasteiger partial charge in [-0.3, -0.25) is 0 Å². The van der Waals surface area contributed by atoms with Crippen LogP contribution in [0.2, 0.25) is 0 Å². The van der Waals surface area contributed by atoms with E-state index >= 15 is 0 Å². The fourth-order valence-corrected chi connectivity index (χ4v) is 2.33. The normalized spacial score (nSPS) is 19.9. The molecule has 1 atom stereocenters. The summed E-state index contributed by atoms with van der Waals surface area (Å²) in [4.78, 5) is 0. The third kappa shape index (κ3) is 2.41. The molecule has 0 N–H and O–H groups in total. The summed E-state index contributed by atoms with van der Waals surface area (Å²) < 4.78 is 7.17. The lowest BCUT2D eigenvalue weighted by atomic mass is 10.00. The van der Waals surface area contributed by atoms with E-state index in [2.05, 4.69) is 46.9 Å². The summed E-state index contributed by atoms with van der Waals surface area (Å²) in [6, 6.07) is 8.41. The van der Waals surface area contributed by atoms with Crippen LogP contribution in [0.3, 0.4) is 0 Å². The Morgan fingerprint density at radius 3 is 3.07 bits per heavy atom. The minimum atomic E-state index is 0.458. The molecular formula is C12H15IO. The molecule has 1 aromatic rings. The number of alkyl halides is 1. The molecule has 0 aromatic heterocycles. The summed E-state index contributed by atoms with van der Waals surface area (Å²) in [5, 5.41) is 0. The van der Waals surface area contributed by atoms with Crippen molar-refractivity contribution in [3.05, 3.63) is 29.8 Å². The van der Waals surface area contributed by atoms with Gasteiger partial charge in [0, 0.05) is 0 Å². The van der Waals surface area contributed by atoms with Gasteiger partial charge >= 0.3 is 0 Å². The van der Waals surface area contributed by atoms with Crippen molar-refractivity contribution >= 4 is 22.6 Å². The van der Waals surface area contributed by atoms with Gasteiger partial charge in [0.25, 0.3) is 0 Å². The third-order valence-corrected chi connectivity index (χ3v) is 3.42. The number of ether oxygens (including phenoxy) is 1. The molecule has 14 heavy (non-hydrogen) atoms. The lowest BCUT2D eigenvalue weighted by Gasteiger charge is -2.25. The summed E-state index contributed by atoms with van der Waals surface area (Å²) in [6.45, 7) is 0. The monoisotopic (exact) mass is 302 g/mol. The van der Waals surface area contributed by atoms with Gasteiger partial charge in [-0.2, -0.15) is 0 Å². The van der Waals surface area contributed by atoms with Gasteiger partial charge in [-0.15, -0.1) is 0 Å². The molecule has 2 heteroatoms. The fraction of sp³-hybridized carbons (Fsp3) is 0.500. The molecule has 0 fully saturated rings. The van der Waals surface area contributed by atoms with Gasteiger partial charge in [0.15, 0.2) is 0 Å². The van der Waals surface area contributed by atoms with E-state index in [0.717, 1.165) is 5.75 Å². The van der Waals surface area contributed by atoms with Gasteiger partial charge in [-0.1, -0.05) is 40.8 Å². The molecule has 1 aliphatic rings. The van der Waals surface area contributed by atoms with Crippen LogP contribution in [-0.2, 0) is 6.42 Å². The molecule has 2 rings (SSSR count). The maximum Gasteiger partial charge on any atom is 0.122 e. The van der Waals surface area contributed by atoms with Crippen LogP contribution in [-0.4, -0.2) is 10.5 Å². The molecular weight excluding hydrogens is 287 g/mol. The van der Waals surface area contributed by atoms with Crippen molar-refractivity contribution in [3.63, 3.8) is 0 Å². The van der Waals surface area contributed by atoms with Gasteiger partial charge in [0.2, 0.25) is 0 Å². The first-order valence-corrected chi connectivity index (χ1v) is 6.73. The summed E-state index contributed by atoms with van der Waals surface area (Å²) in [5.41, 5.74) is 1.37. The van der Waals surface area contributed by atoms with Crippen molar-refractivity contribution in [1.29, 1.82) is 0 Å². The van der Waals surface area contributed by atoms with Crippen LogP contribution >= 0.6 is 22.6 Å². The second-order valence-corrected chi connectivity index (χ2v) is 4.80. The number of rotatable bonds is 3. The summed E-state index contributed by atoms with van der Waals surface area (Å²) in [5.74, 6) is 1.11. The molecule has 1 heterocycles. The molecule has 0 radical (unpaired) electrons. The zero-order valence-electron chi connectivity index (χ0n) is 8.21. The number of fused-ring (bicyclic) bond motifs is 1. The van der Waals surface area contributed by atoms with Crippen LogP contribution in [0.5, 0.6) is 5.75 Å². The highest BCUT2D eigenvalue weighted by Gasteiger charge is 2.18. The Hall–Kier alpha value is -0.250. The highest BCUT2D eigenvalue weighted by atomic mass is 127. The number of aryl methyl sites for hydroxylation is 1. The Morgan fingerprint density at radius 1 is 1.36 bits per heavy atom. The minimum absolute atomic E-state index is 0.458. The van der Waals surface area contributed by atoms with Gasteiger partial charge in [0.1, 0.15) is 5.75 Å². The number of hydrogen-bond acceptors (Lipinski definition) is 1. The summed E-state index contributed by atoms with van der Waals surface area (Å²) in [6.07, 6.45) is 5.31. The maximum atomic E-state index is 5.93. The molecule has 0 aliphatic carbocycles. The Balaban J connectivity index is 1.99. The van der Waals surface area contributed by atoms with E-state index in [1.54, 1.807) is 0 Å². The molecule has 0 bridgehead atoms.